The van der Waals surface area contributed by atoms with Gasteiger partial charge in [0.1, 0.15) is 5.54 Å². The van der Waals surface area contributed by atoms with Gasteiger partial charge in [-0.1, -0.05) is 23.7 Å². The summed E-state index contributed by atoms with van der Waals surface area (Å²) in [6.07, 6.45) is 0. The minimum Gasteiger partial charge on any atom is -0.322 e. The molecule has 0 bridgehead atoms. The summed E-state index contributed by atoms with van der Waals surface area (Å²) in [5, 5.41) is 12.7. The smallest absolute Gasteiger partial charge is 0.322 e. The van der Waals surface area contributed by atoms with Gasteiger partial charge >= 0.3 is 6.03 Å². The van der Waals surface area contributed by atoms with Crippen LogP contribution in [0.15, 0.2) is 48.5 Å². The molecule has 1 unspecified atom stereocenters. The molecule has 158 valence electrons. The zero-order valence-corrected chi connectivity index (χ0v) is 17.9. The number of nitrogens with one attached hydrogen (secondary N) is 3. The van der Waals surface area contributed by atoms with Crippen LogP contribution in [0.25, 0.3) is 5.69 Å². The molecule has 1 saturated heterocycles. The lowest BCUT2D eigenvalue weighted by Gasteiger charge is -2.21. The third-order valence-corrected chi connectivity index (χ3v) is 5.87. The molecular formula is C22H20ClN5O3. The molecule has 1 aromatic heterocycles. The van der Waals surface area contributed by atoms with Crippen molar-refractivity contribution in [3.8, 4) is 5.69 Å². The van der Waals surface area contributed by atoms with E-state index >= 15 is 0 Å². The summed E-state index contributed by atoms with van der Waals surface area (Å²) in [7, 11) is 0. The lowest BCUT2D eigenvalue weighted by atomic mass is 9.92. The second kappa shape index (κ2) is 7.55. The van der Waals surface area contributed by atoms with Crippen LogP contribution in [0.2, 0.25) is 5.02 Å². The predicted molar refractivity (Wildman–Crippen MR) is 116 cm³/mol. The number of aryl methyl sites for hydroxylation is 1. The van der Waals surface area contributed by atoms with Crippen molar-refractivity contribution in [2.75, 3.05) is 5.32 Å². The van der Waals surface area contributed by atoms with Gasteiger partial charge in [0, 0.05) is 11.3 Å². The van der Waals surface area contributed by atoms with Gasteiger partial charge in [-0.2, -0.15) is 5.10 Å². The maximum atomic E-state index is 12.7. The van der Waals surface area contributed by atoms with E-state index in [-0.39, 0.29) is 5.91 Å². The van der Waals surface area contributed by atoms with Crippen LogP contribution in [0.3, 0.4) is 0 Å². The summed E-state index contributed by atoms with van der Waals surface area (Å²) in [6.45, 7) is 5.32. The molecule has 4 amide bonds. The molecule has 1 aliphatic rings. The monoisotopic (exact) mass is 437 g/mol. The molecule has 4 rings (SSSR count). The number of imide groups is 1. The van der Waals surface area contributed by atoms with Crippen molar-refractivity contribution in [1.29, 1.82) is 0 Å². The number of urea groups is 1. The van der Waals surface area contributed by atoms with Crippen LogP contribution in [0.1, 0.15) is 34.2 Å². The largest absolute Gasteiger partial charge is 0.322 e. The molecule has 9 heteroatoms. The van der Waals surface area contributed by atoms with Crippen molar-refractivity contribution in [2.24, 2.45) is 0 Å². The molecule has 0 saturated carbocycles. The summed E-state index contributed by atoms with van der Waals surface area (Å²) in [5.41, 5.74) is 2.69. The molecule has 3 N–H and O–H groups in total. The third kappa shape index (κ3) is 3.66. The first kappa shape index (κ1) is 20.6. The fourth-order valence-corrected chi connectivity index (χ4v) is 3.60. The Bertz CT molecular complexity index is 1220. The van der Waals surface area contributed by atoms with E-state index in [4.69, 9.17) is 11.6 Å². The number of amides is 4. The Morgan fingerprint density at radius 1 is 1.13 bits per heavy atom. The Morgan fingerprint density at radius 3 is 2.42 bits per heavy atom. The molecule has 0 aliphatic carbocycles. The fourth-order valence-electron chi connectivity index (χ4n) is 3.49. The van der Waals surface area contributed by atoms with E-state index < -0.39 is 17.5 Å². The summed E-state index contributed by atoms with van der Waals surface area (Å²) in [6, 6.07) is 13.2. The van der Waals surface area contributed by atoms with Gasteiger partial charge in [-0.3, -0.25) is 14.9 Å². The maximum Gasteiger partial charge on any atom is 0.322 e. The highest BCUT2D eigenvalue weighted by Gasteiger charge is 2.43. The molecule has 0 spiro atoms. The van der Waals surface area contributed by atoms with Crippen LogP contribution < -0.4 is 16.0 Å². The normalized spacial score (nSPS) is 17.9. The minimum atomic E-state index is -1.19. The van der Waals surface area contributed by atoms with Gasteiger partial charge in [0.15, 0.2) is 0 Å². The van der Waals surface area contributed by atoms with Crippen molar-refractivity contribution in [1.82, 2.24) is 20.4 Å². The first-order chi connectivity index (χ1) is 14.7. The second-order valence-electron chi connectivity index (χ2n) is 7.51. The highest BCUT2D eigenvalue weighted by Crippen LogP contribution is 2.27. The second-order valence-corrected chi connectivity index (χ2v) is 7.89. The Hall–Kier alpha value is -3.65. The van der Waals surface area contributed by atoms with Crippen molar-refractivity contribution in [3.05, 3.63) is 76.1 Å². The average molecular weight is 438 g/mol. The number of halogens is 1. The third-order valence-electron chi connectivity index (χ3n) is 5.32. The first-order valence-corrected chi connectivity index (χ1v) is 9.94. The lowest BCUT2D eigenvalue weighted by molar-refractivity contribution is -0.123. The van der Waals surface area contributed by atoms with Crippen LogP contribution >= 0.6 is 11.6 Å². The van der Waals surface area contributed by atoms with Crippen molar-refractivity contribution < 1.29 is 14.4 Å². The number of nitrogens with zero attached hydrogens (tertiary/aromatic N) is 2. The van der Waals surface area contributed by atoms with Crippen LogP contribution in [0.5, 0.6) is 0 Å². The van der Waals surface area contributed by atoms with Crippen LogP contribution in [0.4, 0.5) is 10.5 Å². The Kier molecular flexibility index (Phi) is 5.02. The van der Waals surface area contributed by atoms with E-state index in [1.165, 1.54) is 0 Å². The average Bonchev–Trinajstić information content (AvgIpc) is 3.17. The maximum absolute atomic E-state index is 12.7. The van der Waals surface area contributed by atoms with Gasteiger partial charge in [-0.05, 0) is 62.7 Å². The number of carbonyl (C=O) groups is 3. The van der Waals surface area contributed by atoms with Crippen LogP contribution in [-0.2, 0) is 10.3 Å². The zero-order chi connectivity index (χ0) is 22.3. The van der Waals surface area contributed by atoms with Gasteiger partial charge in [0.2, 0.25) is 0 Å². The number of rotatable bonds is 4. The number of anilines is 1. The van der Waals surface area contributed by atoms with E-state index in [0.717, 1.165) is 17.1 Å². The number of hydrogen-bond donors (Lipinski definition) is 3. The van der Waals surface area contributed by atoms with Crippen molar-refractivity contribution in [3.63, 3.8) is 0 Å². The quantitative estimate of drug-likeness (QED) is 0.543. The predicted octanol–water partition coefficient (Wildman–Crippen LogP) is 3.45. The van der Waals surface area contributed by atoms with Crippen LogP contribution in [0, 0.1) is 13.8 Å². The summed E-state index contributed by atoms with van der Waals surface area (Å²) < 4.78 is 1.73. The lowest BCUT2D eigenvalue weighted by Crippen LogP contribution is -2.40. The molecule has 3 aromatic rings. The van der Waals surface area contributed by atoms with E-state index in [2.05, 4.69) is 21.0 Å². The van der Waals surface area contributed by atoms with Crippen molar-refractivity contribution in [2.45, 2.75) is 26.3 Å². The van der Waals surface area contributed by atoms with Gasteiger partial charge in [0.25, 0.3) is 11.8 Å². The SMILES string of the molecule is Cc1nn(-c2ccc(C(=O)Nc3cccc(C4(C)NC(=O)NC4=O)c3)cc2)c(C)c1Cl. The van der Waals surface area contributed by atoms with Crippen LogP contribution in [-0.4, -0.2) is 27.6 Å². The molecular weight excluding hydrogens is 418 g/mol. The summed E-state index contributed by atoms with van der Waals surface area (Å²) >= 11 is 6.21. The Balaban J connectivity index is 1.53. The molecule has 2 aromatic carbocycles. The molecule has 8 nitrogen and oxygen atoms in total. The molecule has 1 atom stereocenters. The highest BCUT2D eigenvalue weighted by atomic mass is 35.5. The number of aromatic nitrogens is 2. The molecule has 1 fully saturated rings. The fraction of sp³-hybridized carbons (Fsp3) is 0.182. The summed E-state index contributed by atoms with van der Waals surface area (Å²) in [5.74, 6) is -0.749. The molecule has 0 radical (unpaired) electrons. The van der Waals surface area contributed by atoms with Gasteiger partial charge < -0.3 is 10.6 Å². The minimum absolute atomic E-state index is 0.305. The van der Waals surface area contributed by atoms with Crippen molar-refractivity contribution >= 4 is 35.1 Å². The van der Waals surface area contributed by atoms with E-state index in [1.54, 1.807) is 60.1 Å². The molecule has 31 heavy (non-hydrogen) atoms. The number of carbonyl (C=O) groups excluding carboxylic acids is 3. The number of benzene rings is 2. The van der Waals surface area contributed by atoms with E-state index in [0.29, 0.717) is 21.8 Å². The number of hydrogen-bond acceptors (Lipinski definition) is 4. The summed E-state index contributed by atoms with van der Waals surface area (Å²) in [4.78, 5) is 36.4. The first-order valence-electron chi connectivity index (χ1n) is 9.56. The Labute approximate surface area is 183 Å². The standard InChI is InChI=1S/C22H20ClN5O3/c1-12-18(23)13(2)28(27-12)17-9-7-14(8-10-17)19(29)24-16-6-4-5-15(11-16)22(3)20(30)25-21(31)26-22/h4-11H,1-3H3,(H,24,29)(H2,25,26,30,31). The molecule has 2 heterocycles. The van der Waals surface area contributed by atoms with Gasteiger partial charge in [-0.15, -0.1) is 0 Å². The topological polar surface area (TPSA) is 105 Å². The van der Waals surface area contributed by atoms with Gasteiger partial charge in [0.05, 0.1) is 22.1 Å². The zero-order valence-electron chi connectivity index (χ0n) is 17.1. The van der Waals surface area contributed by atoms with E-state index in [9.17, 15) is 14.4 Å². The highest BCUT2D eigenvalue weighted by molar-refractivity contribution is 6.31. The van der Waals surface area contributed by atoms with Gasteiger partial charge in [-0.25, -0.2) is 9.48 Å². The van der Waals surface area contributed by atoms with E-state index in [1.807, 2.05) is 13.8 Å². The molecule has 1 aliphatic heterocycles. The Morgan fingerprint density at radius 2 is 1.84 bits per heavy atom.